The molecule has 1 aliphatic rings. The molecule has 2 aromatic rings. The van der Waals surface area contributed by atoms with Crippen LogP contribution >= 0.6 is 11.6 Å². The molecule has 0 aliphatic carbocycles. The van der Waals surface area contributed by atoms with E-state index in [2.05, 4.69) is 34.3 Å². The Bertz CT molecular complexity index is 739. The fourth-order valence-electron chi connectivity index (χ4n) is 3.70. The lowest BCUT2D eigenvalue weighted by atomic mass is 10.1. The summed E-state index contributed by atoms with van der Waals surface area (Å²) in [5.41, 5.74) is 2.62. The molecular formula is C20H32ClN5O. The molecule has 3 heterocycles. The number of rotatable bonds is 7. The Labute approximate surface area is 167 Å². The molecule has 0 unspecified atom stereocenters. The molecule has 7 heteroatoms. The molecule has 1 fully saturated rings. The monoisotopic (exact) mass is 393 g/mol. The Morgan fingerprint density at radius 2 is 2.19 bits per heavy atom. The van der Waals surface area contributed by atoms with Crippen LogP contribution in [0.25, 0.3) is 11.4 Å². The minimum Gasteiger partial charge on any atom is -0.361 e. The molecule has 0 aromatic carbocycles. The van der Waals surface area contributed by atoms with E-state index in [1.807, 2.05) is 20.0 Å². The molecule has 0 spiro atoms. The summed E-state index contributed by atoms with van der Waals surface area (Å²) in [6.07, 6.45) is 4.95. The summed E-state index contributed by atoms with van der Waals surface area (Å²) >= 11 is 6.59. The van der Waals surface area contributed by atoms with Crippen molar-refractivity contribution in [2.24, 2.45) is 13.0 Å². The molecule has 0 amide bonds. The van der Waals surface area contributed by atoms with E-state index >= 15 is 0 Å². The summed E-state index contributed by atoms with van der Waals surface area (Å²) < 4.78 is 6.98. The number of hydrogen-bond donors (Lipinski definition) is 1. The quantitative estimate of drug-likeness (QED) is 0.769. The Morgan fingerprint density at radius 3 is 2.89 bits per heavy atom. The van der Waals surface area contributed by atoms with E-state index in [0.717, 1.165) is 54.8 Å². The Balaban J connectivity index is 1.72. The van der Waals surface area contributed by atoms with Gasteiger partial charge in [-0.2, -0.15) is 5.10 Å². The lowest BCUT2D eigenvalue weighted by molar-refractivity contribution is 0.250. The van der Waals surface area contributed by atoms with E-state index < -0.39 is 0 Å². The van der Waals surface area contributed by atoms with Crippen molar-refractivity contribution in [3.05, 3.63) is 22.5 Å². The van der Waals surface area contributed by atoms with Crippen molar-refractivity contribution < 1.29 is 4.52 Å². The van der Waals surface area contributed by atoms with Crippen LogP contribution in [-0.2, 0) is 13.6 Å². The fraction of sp³-hybridized carbons (Fsp3) is 0.700. The van der Waals surface area contributed by atoms with Gasteiger partial charge < -0.3 is 9.84 Å². The molecule has 3 rings (SSSR count). The summed E-state index contributed by atoms with van der Waals surface area (Å²) in [7, 11) is 1.88. The smallest absolute Gasteiger partial charge is 0.134 e. The first-order valence-electron chi connectivity index (χ1n) is 10.0. The van der Waals surface area contributed by atoms with E-state index in [1.165, 1.54) is 25.7 Å². The van der Waals surface area contributed by atoms with E-state index in [9.17, 15) is 0 Å². The summed E-state index contributed by atoms with van der Waals surface area (Å²) in [5.74, 6) is 1.52. The van der Waals surface area contributed by atoms with Crippen LogP contribution in [0.1, 0.15) is 50.9 Å². The predicted octanol–water partition coefficient (Wildman–Crippen LogP) is 4.03. The standard InChI is InChI=1S/C20H32ClN5O/c1-14(2)8-9-22-16-7-5-6-10-26(12-16)13-17-19(23-25(4)20(17)21)18-11-15(3)27-24-18/h11,14,16,22H,5-10,12-13H2,1-4H3/t16-/m1/s1. The maximum Gasteiger partial charge on any atom is 0.134 e. The number of halogens is 1. The second kappa shape index (κ2) is 9.22. The molecule has 6 nitrogen and oxygen atoms in total. The van der Waals surface area contributed by atoms with Gasteiger partial charge in [-0.3, -0.25) is 9.58 Å². The van der Waals surface area contributed by atoms with E-state index in [-0.39, 0.29) is 0 Å². The van der Waals surface area contributed by atoms with Gasteiger partial charge >= 0.3 is 0 Å². The van der Waals surface area contributed by atoms with Gasteiger partial charge in [0.05, 0.1) is 0 Å². The largest absolute Gasteiger partial charge is 0.361 e. The van der Waals surface area contributed by atoms with Gasteiger partial charge in [-0.1, -0.05) is 37.0 Å². The lowest BCUT2D eigenvalue weighted by Crippen LogP contribution is -2.40. The maximum absolute atomic E-state index is 6.59. The Kier molecular flexibility index (Phi) is 6.95. The fourth-order valence-corrected chi connectivity index (χ4v) is 3.89. The van der Waals surface area contributed by atoms with Crippen molar-refractivity contribution in [3.8, 4) is 11.4 Å². The zero-order valence-corrected chi connectivity index (χ0v) is 17.7. The topological polar surface area (TPSA) is 59.1 Å². The van der Waals surface area contributed by atoms with Crippen LogP contribution in [0.4, 0.5) is 0 Å². The van der Waals surface area contributed by atoms with Crippen LogP contribution < -0.4 is 5.32 Å². The molecule has 1 atom stereocenters. The molecule has 0 saturated carbocycles. The van der Waals surface area contributed by atoms with Crippen molar-refractivity contribution in [2.75, 3.05) is 19.6 Å². The average Bonchev–Trinajstić information content (AvgIpc) is 3.06. The zero-order valence-electron chi connectivity index (χ0n) is 17.0. The number of nitrogens with one attached hydrogen (secondary N) is 1. The Hall–Kier alpha value is -1.37. The van der Waals surface area contributed by atoms with Gasteiger partial charge in [0, 0.05) is 37.8 Å². The van der Waals surface area contributed by atoms with Gasteiger partial charge in [0.25, 0.3) is 0 Å². The molecule has 27 heavy (non-hydrogen) atoms. The lowest BCUT2D eigenvalue weighted by Gasteiger charge is -2.25. The highest BCUT2D eigenvalue weighted by molar-refractivity contribution is 6.30. The van der Waals surface area contributed by atoms with Gasteiger partial charge in [0.1, 0.15) is 22.3 Å². The van der Waals surface area contributed by atoms with E-state index in [0.29, 0.717) is 11.2 Å². The van der Waals surface area contributed by atoms with Crippen LogP contribution in [0.3, 0.4) is 0 Å². The zero-order chi connectivity index (χ0) is 19.4. The summed E-state index contributed by atoms with van der Waals surface area (Å²) in [6, 6.07) is 2.46. The Morgan fingerprint density at radius 1 is 1.37 bits per heavy atom. The van der Waals surface area contributed by atoms with Crippen LogP contribution in [0.15, 0.2) is 10.6 Å². The molecule has 1 saturated heterocycles. The van der Waals surface area contributed by atoms with Gasteiger partial charge in [0.2, 0.25) is 0 Å². The first kappa shape index (κ1) is 20.4. The van der Waals surface area contributed by atoms with Crippen molar-refractivity contribution in [1.82, 2.24) is 25.2 Å². The third-order valence-electron chi connectivity index (χ3n) is 5.23. The number of aromatic nitrogens is 3. The van der Waals surface area contributed by atoms with Gasteiger partial charge in [-0.05, 0) is 45.2 Å². The third kappa shape index (κ3) is 5.33. The second-order valence-corrected chi connectivity index (χ2v) is 8.49. The van der Waals surface area contributed by atoms with Crippen LogP contribution in [0.2, 0.25) is 5.15 Å². The molecule has 2 aromatic heterocycles. The normalized spacial score (nSPS) is 19.0. The number of likely N-dealkylation sites (tertiary alicyclic amines) is 1. The number of aryl methyl sites for hydroxylation is 2. The second-order valence-electron chi connectivity index (χ2n) is 8.13. The van der Waals surface area contributed by atoms with Crippen LogP contribution in [0, 0.1) is 12.8 Å². The molecule has 1 aliphatic heterocycles. The molecule has 1 N–H and O–H groups in total. The van der Waals surface area contributed by atoms with E-state index in [1.54, 1.807) is 4.68 Å². The molecule has 0 bridgehead atoms. The summed E-state index contributed by atoms with van der Waals surface area (Å²) in [5, 5.41) is 13.2. The van der Waals surface area contributed by atoms with Crippen molar-refractivity contribution in [1.29, 1.82) is 0 Å². The van der Waals surface area contributed by atoms with Crippen molar-refractivity contribution >= 4 is 11.6 Å². The van der Waals surface area contributed by atoms with Crippen LogP contribution in [0.5, 0.6) is 0 Å². The van der Waals surface area contributed by atoms with Crippen molar-refractivity contribution in [3.63, 3.8) is 0 Å². The highest BCUT2D eigenvalue weighted by Gasteiger charge is 2.24. The van der Waals surface area contributed by atoms with E-state index in [4.69, 9.17) is 16.1 Å². The first-order valence-corrected chi connectivity index (χ1v) is 10.4. The molecule has 0 radical (unpaired) electrons. The van der Waals surface area contributed by atoms with Gasteiger partial charge in [-0.25, -0.2) is 0 Å². The summed E-state index contributed by atoms with van der Waals surface area (Å²) in [6.45, 7) is 10.5. The maximum atomic E-state index is 6.59. The van der Waals surface area contributed by atoms with Gasteiger partial charge in [0.15, 0.2) is 0 Å². The molecule has 150 valence electrons. The minimum absolute atomic E-state index is 0.541. The highest BCUT2D eigenvalue weighted by Crippen LogP contribution is 2.30. The van der Waals surface area contributed by atoms with Crippen molar-refractivity contribution in [2.45, 2.75) is 59.0 Å². The number of nitrogens with zero attached hydrogens (tertiary/aromatic N) is 4. The SMILES string of the molecule is Cc1cc(-c2nn(C)c(Cl)c2CN2CCCC[C@@H](NCCC(C)C)C2)no1. The predicted molar refractivity (Wildman–Crippen MR) is 109 cm³/mol. The minimum atomic E-state index is 0.541. The third-order valence-corrected chi connectivity index (χ3v) is 5.70. The van der Waals surface area contributed by atoms with Crippen LogP contribution in [-0.4, -0.2) is 45.5 Å². The highest BCUT2D eigenvalue weighted by atomic mass is 35.5. The number of hydrogen-bond acceptors (Lipinski definition) is 5. The summed E-state index contributed by atoms with van der Waals surface area (Å²) in [4.78, 5) is 2.50. The average molecular weight is 394 g/mol. The van der Waals surface area contributed by atoms with Gasteiger partial charge in [-0.15, -0.1) is 0 Å². The first-order chi connectivity index (χ1) is 12.9. The molecular weight excluding hydrogens is 362 g/mol.